The van der Waals surface area contributed by atoms with Gasteiger partial charge in [-0.05, 0) is 61.6 Å². The minimum absolute atomic E-state index is 0.0998. The summed E-state index contributed by atoms with van der Waals surface area (Å²) >= 11 is 0. The van der Waals surface area contributed by atoms with Crippen molar-refractivity contribution in [3.05, 3.63) is 53.9 Å². The van der Waals surface area contributed by atoms with Gasteiger partial charge in [0.25, 0.3) is 0 Å². The third kappa shape index (κ3) is 5.40. The summed E-state index contributed by atoms with van der Waals surface area (Å²) in [5.74, 6) is -1.61. The number of hydrogen-bond acceptors (Lipinski definition) is 9. The molecular formula is C27H27F2N5O5S. The summed E-state index contributed by atoms with van der Waals surface area (Å²) in [5.41, 5.74) is 7.37. The van der Waals surface area contributed by atoms with E-state index in [0.717, 1.165) is 25.0 Å². The van der Waals surface area contributed by atoms with Gasteiger partial charge in [-0.15, -0.1) is 0 Å². The normalized spacial score (nSPS) is 14.4. The van der Waals surface area contributed by atoms with Gasteiger partial charge in [0.2, 0.25) is 21.9 Å². The quantitative estimate of drug-likeness (QED) is 0.335. The van der Waals surface area contributed by atoms with Gasteiger partial charge in [0, 0.05) is 30.4 Å². The van der Waals surface area contributed by atoms with Crippen LogP contribution in [0, 0.1) is 24.5 Å². The van der Waals surface area contributed by atoms with Crippen molar-refractivity contribution >= 4 is 26.9 Å². The molecule has 10 nitrogen and oxygen atoms in total. The largest absolute Gasteiger partial charge is 0.491 e. The number of aromatic nitrogens is 3. The summed E-state index contributed by atoms with van der Waals surface area (Å²) < 4.78 is 71.1. The first kappa shape index (κ1) is 27.6. The van der Waals surface area contributed by atoms with E-state index in [1.54, 1.807) is 19.1 Å². The number of halogens is 2. The minimum Gasteiger partial charge on any atom is -0.491 e. The topological polar surface area (TPSA) is 153 Å². The van der Waals surface area contributed by atoms with Crippen molar-refractivity contribution in [2.24, 2.45) is 11.1 Å². The number of methoxy groups -OCH3 is 1. The summed E-state index contributed by atoms with van der Waals surface area (Å²) in [7, 11) is -3.18. The first-order valence-corrected chi connectivity index (χ1v) is 14.0. The van der Waals surface area contributed by atoms with Crippen LogP contribution in [-0.4, -0.2) is 50.3 Å². The van der Waals surface area contributed by atoms with Crippen molar-refractivity contribution in [2.75, 3.05) is 32.7 Å². The van der Waals surface area contributed by atoms with Gasteiger partial charge in [0.15, 0.2) is 5.82 Å². The monoisotopic (exact) mass is 571 g/mol. The fourth-order valence-electron chi connectivity index (χ4n) is 4.72. The number of anilines is 1. The van der Waals surface area contributed by atoms with E-state index in [4.69, 9.17) is 25.1 Å². The van der Waals surface area contributed by atoms with Crippen molar-refractivity contribution in [1.29, 1.82) is 0 Å². The lowest BCUT2D eigenvalue weighted by molar-refractivity contribution is 0.0500. The minimum atomic E-state index is -4.47. The molecule has 0 saturated carbocycles. The highest BCUT2D eigenvalue weighted by atomic mass is 32.2. The van der Waals surface area contributed by atoms with Crippen LogP contribution in [0.15, 0.2) is 41.4 Å². The van der Waals surface area contributed by atoms with Crippen LogP contribution in [0.25, 0.3) is 33.2 Å². The Morgan fingerprint density at radius 3 is 2.55 bits per heavy atom. The van der Waals surface area contributed by atoms with Crippen LogP contribution in [0.2, 0.25) is 0 Å². The molecule has 5 rings (SSSR count). The molecule has 13 heteroatoms. The smallest absolute Gasteiger partial charge is 0.240 e. The predicted octanol–water partition coefficient (Wildman–Crippen LogP) is 3.99. The molecule has 210 valence electrons. The zero-order valence-corrected chi connectivity index (χ0v) is 22.6. The van der Waals surface area contributed by atoms with Crippen LogP contribution in [0.3, 0.4) is 0 Å². The molecule has 40 heavy (non-hydrogen) atoms. The number of nitrogens with zero attached hydrogens (tertiary/aromatic N) is 3. The van der Waals surface area contributed by atoms with Crippen molar-refractivity contribution < 1.29 is 31.4 Å². The van der Waals surface area contributed by atoms with Crippen LogP contribution in [0.1, 0.15) is 18.5 Å². The lowest BCUT2D eigenvalue weighted by Crippen LogP contribution is -2.21. The van der Waals surface area contributed by atoms with Gasteiger partial charge in [-0.2, -0.15) is 0 Å². The molecule has 1 fully saturated rings. The zero-order valence-electron chi connectivity index (χ0n) is 21.8. The molecule has 2 aromatic heterocycles. The van der Waals surface area contributed by atoms with Gasteiger partial charge < -0.3 is 19.9 Å². The highest BCUT2D eigenvalue weighted by molar-refractivity contribution is 7.89. The van der Waals surface area contributed by atoms with Gasteiger partial charge in [0.05, 0.1) is 30.5 Å². The molecule has 0 unspecified atom stereocenters. The molecule has 1 aliphatic rings. The number of nitrogen functional groups attached to an aromatic ring is 1. The number of pyridine rings is 1. The molecule has 0 radical (unpaired) electrons. The Morgan fingerprint density at radius 1 is 1.10 bits per heavy atom. The third-order valence-electron chi connectivity index (χ3n) is 6.80. The second-order valence-electron chi connectivity index (χ2n) is 9.46. The summed E-state index contributed by atoms with van der Waals surface area (Å²) in [6, 6.07) is 6.60. The third-order valence-corrected chi connectivity index (χ3v) is 7.73. The lowest BCUT2D eigenvalue weighted by atomic mass is 9.98. The molecule has 0 amide bonds. The van der Waals surface area contributed by atoms with Crippen molar-refractivity contribution in [2.45, 2.75) is 24.7 Å². The van der Waals surface area contributed by atoms with Crippen molar-refractivity contribution in [3.8, 4) is 33.9 Å². The van der Waals surface area contributed by atoms with E-state index in [-0.39, 0.29) is 17.4 Å². The number of ether oxygens (including phenoxy) is 3. The summed E-state index contributed by atoms with van der Waals surface area (Å²) in [6.07, 6.45) is 3.21. The molecule has 0 bridgehead atoms. The van der Waals surface area contributed by atoms with Crippen molar-refractivity contribution in [3.63, 3.8) is 0 Å². The maximum absolute atomic E-state index is 15.4. The molecular weight excluding hydrogens is 544 g/mol. The SMILES string of the molecule is COc1ncc(-c2cc(OCC3CCOCC3)c3nc(N)nc(C)c3c2)cc1-c1c(F)ccc(S(N)(=O)=O)c1F. The van der Waals surface area contributed by atoms with Gasteiger partial charge in [-0.3, -0.25) is 0 Å². The molecule has 1 aliphatic heterocycles. The Kier molecular flexibility index (Phi) is 7.53. The van der Waals surface area contributed by atoms with E-state index in [1.807, 2.05) is 0 Å². The van der Waals surface area contributed by atoms with Crippen LogP contribution in [0.5, 0.6) is 11.6 Å². The number of benzene rings is 2. The maximum atomic E-state index is 15.4. The number of aryl methyl sites for hydroxylation is 1. The number of nitrogens with two attached hydrogens (primary N) is 2. The second kappa shape index (κ2) is 10.9. The van der Waals surface area contributed by atoms with Crippen molar-refractivity contribution in [1.82, 2.24) is 15.0 Å². The fraction of sp³-hybridized carbons (Fsp3) is 0.296. The molecule has 2 aromatic carbocycles. The van der Waals surface area contributed by atoms with E-state index in [9.17, 15) is 12.8 Å². The number of primary sulfonamides is 1. The fourth-order valence-corrected chi connectivity index (χ4v) is 5.33. The van der Waals surface area contributed by atoms with Crippen LogP contribution < -0.4 is 20.3 Å². The van der Waals surface area contributed by atoms with Gasteiger partial charge in [0.1, 0.15) is 22.0 Å². The van der Waals surface area contributed by atoms with Crippen LogP contribution in [-0.2, 0) is 14.8 Å². The van der Waals surface area contributed by atoms with E-state index in [1.165, 1.54) is 19.4 Å². The van der Waals surface area contributed by atoms with E-state index >= 15 is 4.39 Å². The number of fused-ring (bicyclic) bond motifs is 1. The average molecular weight is 572 g/mol. The number of sulfonamides is 1. The molecule has 0 spiro atoms. The number of hydrogen-bond donors (Lipinski definition) is 2. The molecule has 4 aromatic rings. The standard InChI is InChI=1S/C27H27F2N5O5S/c1-14-18-9-16(11-21(25(18)34-27(30)33-14)39-13-15-5-7-38-8-6-15)17-10-19(26(37-2)32-12-17)23-20(28)3-4-22(24(23)29)40(31,35)36/h3-4,9-12,15H,5-8,13H2,1-2H3,(H2,30,33,34)(H2,31,35,36). The number of rotatable bonds is 7. The van der Waals surface area contributed by atoms with Gasteiger partial charge >= 0.3 is 0 Å². The molecule has 3 heterocycles. The van der Waals surface area contributed by atoms with Crippen LogP contribution in [0.4, 0.5) is 14.7 Å². The zero-order chi connectivity index (χ0) is 28.6. The lowest BCUT2D eigenvalue weighted by Gasteiger charge is -2.22. The first-order chi connectivity index (χ1) is 19.1. The Balaban J connectivity index is 1.66. The maximum Gasteiger partial charge on any atom is 0.240 e. The molecule has 0 atom stereocenters. The highest BCUT2D eigenvalue weighted by Gasteiger charge is 2.25. The second-order valence-corrected chi connectivity index (χ2v) is 11.0. The highest BCUT2D eigenvalue weighted by Crippen LogP contribution is 2.39. The predicted molar refractivity (Wildman–Crippen MR) is 144 cm³/mol. The summed E-state index contributed by atoms with van der Waals surface area (Å²) in [4.78, 5) is 12.1. The Bertz CT molecular complexity index is 1710. The summed E-state index contributed by atoms with van der Waals surface area (Å²) in [6.45, 7) is 3.56. The van der Waals surface area contributed by atoms with Gasteiger partial charge in [-0.1, -0.05) is 0 Å². The molecule has 4 N–H and O–H groups in total. The molecule has 0 aliphatic carbocycles. The Morgan fingerprint density at radius 2 is 1.85 bits per heavy atom. The summed E-state index contributed by atoms with van der Waals surface area (Å²) in [5, 5.41) is 5.81. The Labute approximate surface area is 229 Å². The van der Waals surface area contributed by atoms with Gasteiger partial charge in [-0.25, -0.2) is 37.3 Å². The van der Waals surface area contributed by atoms with Crippen LogP contribution >= 0.6 is 0 Å². The van der Waals surface area contributed by atoms with E-state index in [2.05, 4.69) is 15.0 Å². The Hall–Kier alpha value is -3.94. The van der Waals surface area contributed by atoms with E-state index in [0.29, 0.717) is 59.2 Å². The molecule has 1 saturated heterocycles. The first-order valence-electron chi connectivity index (χ1n) is 12.4. The van der Waals surface area contributed by atoms with E-state index < -0.39 is 32.1 Å². The average Bonchev–Trinajstić information content (AvgIpc) is 2.91.